The molecule has 4 heteroatoms. The van der Waals surface area contributed by atoms with E-state index >= 15 is 0 Å². The standard InChI is InChI=1S/C15H17NO3/c17-13-4-2-12(3-5-13)16-8-7-10-9-11(15(18)19)1-6-14(10)16/h1,6-9,12-13,17H,2-5H2,(H,18,19)/t12-,13+. The van der Waals surface area contributed by atoms with Crippen LogP contribution in [0.3, 0.4) is 0 Å². The first-order valence-electron chi connectivity index (χ1n) is 6.67. The zero-order chi connectivity index (χ0) is 13.4. The number of carbonyl (C=O) groups is 1. The zero-order valence-corrected chi connectivity index (χ0v) is 10.6. The van der Waals surface area contributed by atoms with Gasteiger partial charge in [0.1, 0.15) is 0 Å². The van der Waals surface area contributed by atoms with Crippen LogP contribution in [-0.4, -0.2) is 26.9 Å². The number of benzene rings is 1. The van der Waals surface area contributed by atoms with Crippen LogP contribution in [0, 0.1) is 0 Å². The number of hydrogen-bond donors (Lipinski definition) is 2. The molecule has 1 fully saturated rings. The third-order valence-corrected chi connectivity index (χ3v) is 4.03. The number of nitrogens with zero attached hydrogens (tertiary/aromatic N) is 1. The van der Waals surface area contributed by atoms with Crippen LogP contribution in [0.5, 0.6) is 0 Å². The minimum absolute atomic E-state index is 0.156. The lowest BCUT2D eigenvalue weighted by molar-refractivity contribution is 0.0697. The maximum absolute atomic E-state index is 11.0. The predicted octanol–water partition coefficient (Wildman–Crippen LogP) is 2.82. The molecule has 1 aliphatic rings. The Labute approximate surface area is 111 Å². The summed E-state index contributed by atoms with van der Waals surface area (Å²) in [5, 5.41) is 19.5. The lowest BCUT2D eigenvalue weighted by Gasteiger charge is -2.27. The van der Waals surface area contributed by atoms with Crippen LogP contribution in [0.4, 0.5) is 0 Å². The number of aliphatic hydroxyl groups excluding tert-OH is 1. The average molecular weight is 259 g/mol. The minimum Gasteiger partial charge on any atom is -0.478 e. The molecule has 0 saturated heterocycles. The number of rotatable bonds is 2. The number of aliphatic hydroxyl groups is 1. The highest BCUT2D eigenvalue weighted by atomic mass is 16.4. The number of aromatic carboxylic acids is 1. The van der Waals surface area contributed by atoms with Crippen molar-refractivity contribution in [1.82, 2.24) is 4.57 Å². The van der Waals surface area contributed by atoms with Gasteiger partial charge < -0.3 is 14.8 Å². The van der Waals surface area contributed by atoms with E-state index in [9.17, 15) is 9.90 Å². The maximum atomic E-state index is 11.0. The summed E-state index contributed by atoms with van der Waals surface area (Å²) in [4.78, 5) is 11.0. The van der Waals surface area contributed by atoms with E-state index in [4.69, 9.17) is 5.11 Å². The lowest BCUT2D eigenvalue weighted by atomic mass is 9.93. The van der Waals surface area contributed by atoms with Crippen LogP contribution in [0.2, 0.25) is 0 Å². The van der Waals surface area contributed by atoms with Crippen LogP contribution in [0.25, 0.3) is 10.9 Å². The Kier molecular flexibility index (Phi) is 3.03. The van der Waals surface area contributed by atoms with Gasteiger partial charge in [-0.25, -0.2) is 4.79 Å². The molecular weight excluding hydrogens is 242 g/mol. The molecule has 1 heterocycles. The van der Waals surface area contributed by atoms with Gasteiger partial charge in [-0.15, -0.1) is 0 Å². The van der Waals surface area contributed by atoms with Gasteiger partial charge in [0.05, 0.1) is 11.7 Å². The van der Waals surface area contributed by atoms with Crippen molar-refractivity contribution in [3.8, 4) is 0 Å². The van der Waals surface area contributed by atoms with Crippen LogP contribution < -0.4 is 0 Å². The minimum atomic E-state index is -0.893. The van der Waals surface area contributed by atoms with E-state index < -0.39 is 5.97 Å². The fourth-order valence-electron chi connectivity index (χ4n) is 2.95. The monoisotopic (exact) mass is 259 g/mol. The SMILES string of the molecule is O=C(O)c1ccc2c(ccn2[C@H]2CC[C@@H](O)CC2)c1. The van der Waals surface area contributed by atoms with Crippen LogP contribution >= 0.6 is 0 Å². The second kappa shape index (κ2) is 4.70. The molecule has 0 aliphatic heterocycles. The molecular formula is C15H17NO3. The van der Waals surface area contributed by atoms with E-state index in [2.05, 4.69) is 4.57 Å². The van der Waals surface area contributed by atoms with Gasteiger partial charge in [-0.1, -0.05) is 0 Å². The van der Waals surface area contributed by atoms with Crippen molar-refractivity contribution in [3.05, 3.63) is 36.0 Å². The summed E-state index contributed by atoms with van der Waals surface area (Å²) in [5.74, 6) is -0.893. The fourth-order valence-corrected chi connectivity index (χ4v) is 2.95. The van der Waals surface area contributed by atoms with Crippen LogP contribution in [0.15, 0.2) is 30.5 Å². The molecule has 0 unspecified atom stereocenters. The Bertz CT molecular complexity index is 609. The van der Waals surface area contributed by atoms with Crippen molar-refractivity contribution >= 4 is 16.9 Å². The zero-order valence-electron chi connectivity index (χ0n) is 10.6. The maximum Gasteiger partial charge on any atom is 0.335 e. The molecule has 1 aromatic carbocycles. The second-order valence-corrected chi connectivity index (χ2v) is 5.26. The van der Waals surface area contributed by atoms with Gasteiger partial charge in [0.15, 0.2) is 0 Å². The van der Waals surface area contributed by atoms with Gasteiger partial charge >= 0.3 is 5.97 Å². The summed E-state index contributed by atoms with van der Waals surface area (Å²) in [7, 11) is 0. The number of aromatic nitrogens is 1. The molecule has 0 amide bonds. The average Bonchev–Trinajstić information content (AvgIpc) is 2.82. The molecule has 1 aromatic heterocycles. The molecule has 4 nitrogen and oxygen atoms in total. The van der Waals surface area contributed by atoms with Gasteiger partial charge in [0.2, 0.25) is 0 Å². The van der Waals surface area contributed by atoms with E-state index in [0.29, 0.717) is 11.6 Å². The molecule has 0 bridgehead atoms. The first-order valence-corrected chi connectivity index (χ1v) is 6.67. The summed E-state index contributed by atoms with van der Waals surface area (Å²) >= 11 is 0. The van der Waals surface area contributed by atoms with Gasteiger partial charge in [0, 0.05) is 23.1 Å². The molecule has 2 aromatic rings. The predicted molar refractivity (Wildman–Crippen MR) is 72.4 cm³/mol. The van der Waals surface area contributed by atoms with E-state index in [1.165, 1.54) is 0 Å². The normalized spacial score (nSPS) is 23.6. The molecule has 0 spiro atoms. The Hall–Kier alpha value is -1.81. The largest absolute Gasteiger partial charge is 0.478 e. The van der Waals surface area contributed by atoms with E-state index in [0.717, 1.165) is 36.6 Å². The van der Waals surface area contributed by atoms with Gasteiger partial charge in [-0.2, -0.15) is 0 Å². The van der Waals surface area contributed by atoms with E-state index in [1.54, 1.807) is 12.1 Å². The summed E-state index contributed by atoms with van der Waals surface area (Å²) < 4.78 is 2.22. The Balaban J connectivity index is 1.95. The number of hydrogen-bond acceptors (Lipinski definition) is 2. The van der Waals surface area contributed by atoms with Crippen molar-refractivity contribution in [2.75, 3.05) is 0 Å². The summed E-state index contributed by atoms with van der Waals surface area (Å²) in [6.07, 6.45) is 5.52. The highest BCUT2D eigenvalue weighted by Crippen LogP contribution is 2.32. The number of carboxylic acid groups (broad SMARTS) is 1. The van der Waals surface area contributed by atoms with Crippen molar-refractivity contribution < 1.29 is 15.0 Å². The van der Waals surface area contributed by atoms with E-state index in [1.807, 2.05) is 18.3 Å². The first-order chi connectivity index (χ1) is 9.15. The Morgan fingerprint density at radius 3 is 2.58 bits per heavy atom. The Morgan fingerprint density at radius 1 is 1.16 bits per heavy atom. The molecule has 0 radical (unpaired) electrons. The highest BCUT2D eigenvalue weighted by molar-refractivity contribution is 5.93. The summed E-state index contributed by atoms with van der Waals surface area (Å²) in [6, 6.07) is 7.62. The van der Waals surface area contributed by atoms with Gasteiger partial charge in [0.25, 0.3) is 0 Å². The molecule has 0 atom stereocenters. The third kappa shape index (κ3) is 2.24. The van der Waals surface area contributed by atoms with Crippen molar-refractivity contribution in [2.45, 2.75) is 37.8 Å². The molecule has 19 heavy (non-hydrogen) atoms. The second-order valence-electron chi connectivity index (χ2n) is 5.26. The van der Waals surface area contributed by atoms with E-state index in [-0.39, 0.29) is 6.10 Å². The molecule has 2 N–H and O–H groups in total. The van der Waals surface area contributed by atoms with Gasteiger partial charge in [-0.3, -0.25) is 0 Å². The lowest BCUT2D eigenvalue weighted by Crippen LogP contribution is -2.20. The Morgan fingerprint density at radius 2 is 1.89 bits per heavy atom. The van der Waals surface area contributed by atoms with Crippen molar-refractivity contribution in [2.24, 2.45) is 0 Å². The number of fused-ring (bicyclic) bond motifs is 1. The quantitative estimate of drug-likeness (QED) is 0.871. The van der Waals surface area contributed by atoms with Crippen molar-refractivity contribution in [1.29, 1.82) is 0 Å². The number of carboxylic acids is 1. The van der Waals surface area contributed by atoms with Crippen molar-refractivity contribution in [3.63, 3.8) is 0 Å². The van der Waals surface area contributed by atoms with Crippen LogP contribution in [0.1, 0.15) is 42.1 Å². The molecule has 1 aliphatic carbocycles. The molecule has 1 saturated carbocycles. The topological polar surface area (TPSA) is 62.5 Å². The fraction of sp³-hybridized carbons (Fsp3) is 0.400. The smallest absolute Gasteiger partial charge is 0.335 e. The summed E-state index contributed by atoms with van der Waals surface area (Å²) in [6.45, 7) is 0. The van der Waals surface area contributed by atoms with Gasteiger partial charge in [-0.05, 0) is 49.9 Å². The highest BCUT2D eigenvalue weighted by Gasteiger charge is 2.21. The molecule has 3 rings (SSSR count). The molecule has 100 valence electrons. The summed E-state index contributed by atoms with van der Waals surface area (Å²) in [5.41, 5.74) is 1.40. The first kappa shape index (κ1) is 12.2. The third-order valence-electron chi connectivity index (χ3n) is 4.03. The van der Waals surface area contributed by atoms with Crippen LogP contribution in [-0.2, 0) is 0 Å².